The molecule has 2 rings (SSSR count). The molecule has 70 valence electrons. The molecule has 1 aliphatic heterocycles. The topological polar surface area (TPSA) is 35.5 Å². The minimum absolute atomic E-state index is 0.265. The van der Waals surface area contributed by atoms with Crippen LogP contribution in [0.15, 0.2) is 24.0 Å². The average molecular weight is 180 g/mol. The first-order chi connectivity index (χ1) is 6.33. The van der Waals surface area contributed by atoms with Crippen molar-refractivity contribution in [3.63, 3.8) is 0 Å². The second kappa shape index (κ2) is 3.24. The lowest BCUT2D eigenvalue weighted by Gasteiger charge is -2.24. The van der Waals surface area contributed by atoms with Crippen molar-refractivity contribution < 1.29 is 14.3 Å². The van der Waals surface area contributed by atoms with Crippen LogP contribution < -0.4 is 0 Å². The van der Waals surface area contributed by atoms with E-state index in [4.69, 9.17) is 4.74 Å². The smallest absolute Gasteiger partial charge is 0.337 e. The fourth-order valence-electron chi connectivity index (χ4n) is 1.89. The number of ether oxygens (including phenoxy) is 2. The second-order valence-electron chi connectivity index (χ2n) is 3.33. The Morgan fingerprint density at radius 3 is 3.31 bits per heavy atom. The number of hydrogen-bond donors (Lipinski definition) is 0. The summed E-state index contributed by atoms with van der Waals surface area (Å²) in [5.74, 6) is 0.374. The quantitative estimate of drug-likeness (QED) is 0.450. The van der Waals surface area contributed by atoms with Crippen molar-refractivity contribution in [3.05, 3.63) is 24.0 Å². The number of allylic oxidation sites excluding steroid dienone is 1. The molecule has 0 aromatic carbocycles. The highest BCUT2D eigenvalue weighted by molar-refractivity contribution is 5.89. The van der Waals surface area contributed by atoms with Gasteiger partial charge in [0.2, 0.25) is 0 Å². The van der Waals surface area contributed by atoms with E-state index in [2.05, 4.69) is 16.9 Å². The third-order valence-electron chi connectivity index (χ3n) is 2.61. The molecule has 3 heteroatoms. The summed E-state index contributed by atoms with van der Waals surface area (Å²) in [6.45, 7) is 0.682. The summed E-state index contributed by atoms with van der Waals surface area (Å²) in [5, 5.41) is 0. The van der Waals surface area contributed by atoms with E-state index >= 15 is 0 Å². The third-order valence-corrected chi connectivity index (χ3v) is 2.61. The van der Waals surface area contributed by atoms with E-state index in [9.17, 15) is 4.79 Å². The van der Waals surface area contributed by atoms with Crippen molar-refractivity contribution in [3.8, 4) is 0 Å². The van der Waals surface area contributed by atoms with E-state index in [1.54, 1.807) is 6.26 Å². The lowest BCUT2D eigenvalue weighted by molar-refractivity contribution is -0.137. The van der Waals surface area contributed by atoms with Crippen LogP contribution in [0, 0.1) is 11.8 Å². The Hall–Kier alpha value is -1.25. The summed E-state index contributed by atoms with van der Waals surface area (Å²) in [6, 6.07) is 0. The zero-order valence-electron chi connectivity index (χ0n) is 7.53. The van der Waals surface area contributed by atoms with E-state index < -0.39 is 0 Å². The number of rotatable bonds is 1. The van der Waals surface area contributed by atoms with Crippen LogP contribution >= 0.6 is 0 Å². The molecule has 0 amide bonds. The van der Waals surface area contributed by atoms with Crippen LogP contribution in [0.4, 0.5) is 0 Å². The van der Waals surface area contributed by atoms with Gasteiger partial charge in [0.05, 0.1) is 25.6 Å². The predicted octanol–water partition coefficient (Wildman–Crippen LogP) is 1.27. The Balaban J connectivity index is 2.19. The first-order valence-corrected chi connectivity index (χ1v) is 4.39. The van der Waals surface area contributed by atoms with Gasteiger partial charge in [0.25, 0.3) is 0 Å². The maximum atomic E-state index is 11.3. The fraction of sp³-hybridized carbons (Fsp3) is 0.500. The molecule has 0 saturated carbocycles. The minimum atomic E-state index is -0.265. The molecule has 2 unspecified atom stereocenters. The molecule has 0 radical (unpaired) electrons. The van der Waals surface area contributed by atoms with Crippen LogP contribution in [0.5, 0.6) is 0 Å². The first-order valence-electron chi connectivity index (χ1n) is 4.39. The summed E-state index contributed by atoms with van der Waals surface area (Å²) in [6.07, 6.45) is 6.68. The molecule has 0 bridgehead atoms. The molecule has 2 aliphatic rings. The maximum absolute atomic E-state index is 11.3. The molecule has 0 aromatic heterocycles. The Kier molecular flexibility index (Phi) is 2.08. The highest BCUT2D eigenvalue weighted by Gasteiger charge is 2.33. The third kappa shape index (κ3) is 1.34. The van der Waals surface area contributed by atoms with Gasteiger partial charge in [-0.25, -0.2) is 4.79 Å². The number of fused-ring (bicyclic) bond motifs is 1. The molecule has 2 atom stereocenters. The van der Waals surface area contributed by atoms with Gasteiger partial charge in [0.1, 0.15) is 0 Å². The molecule has 0 N–H and O–H groups in total. The van der Waals surface area contributed by atoms with E-state index in [-0.39, 0.29) is 11.9 Å². The predicted molar refractivity (Wildman–Crippen MR) is 46.8 cm³/mol. The van der Waals surface area contributed by atoms with E-state index in [1.807, 2.05) is 0 Å². The normalized spacial score (nSPS) is 30.4. The van der Waals surface area contributed by atoms with Crippen LogP contribution in [-0.2, 0) is 14.3 Å². The van der Waals surface area contributed by atoms with Crippen LogP contribution in [0.2, 0.25) is 0 Å². The molecule has 1 aliphatic carbocycles. The van der Waals surface area contributed by atoms with Crippen LogP contribution in [-0.4, -0.2) is 19.7 Å². The van der Waals surface area contributed by atoms with Crippen LogP contribution in [0.25, 0.3) is 0 Å². The van der Waals surface area contributed by atoms with Crippen molar-refractivity contribution >= 4 is 5.97 Å². The molecular formula is C10H12O3. The lowest BCUT2D eigenvalue weighted by atomic mass is 9.88. The highest BCUT2D eigenvalue weighted by Crippen LogP contribution is 2.35. The molecule has 0 aromatic rings. The Bertz CT molecular complexity index is 278. The Morgan fingerprint density at radius 1 is 1.69 bits per heavy atom. The molecule has 0 saturated heterocycles. The summed E-state index contributed by atoms with van der Waals surface area (Å²) < 4.78 is 9.89. The van der Waals surface area contributed by atoms with Gasteiger partial charge in [0.15, 0.2) is 0 Å². The van der Waals surface area contributed by atoms with E-state index in [0.29, 0.717) is 18.1 Å². The van der Waals surface area contributed by atoms with Crippen molar-refractivity contribution in [1.29, 1.82) is 0 Å². The number of esters is 1. The lowest BCUT2D eigenvalue weighted by Crippen LogP contribution is -2.25. The number of methoxy groups -OCH3 is 1. The minimum Gasteiger partial charge on any atom is -0.500 e. The van der Waals surface area contributed by atoms with Crippen LogP contribution in [0.1, 0.15) is 6.42 Å². The number of carbonyl (C=O) groups excluding carboxylic acids is 1. The zero-order valence-corrected chi connectivity index (χ0v) is 7.53. The van der Waals surface area contributed by atoms with Gasteiger partial charge in [-0.1, -0.05) is 12.2 Å². The molecule has 0 spiro atoms. The summed E-state index contributed by atoms with van der Waals surface area (Å²) in [4.78, 5) is 11.3. The van der Waals surface area contributed by atoms with Gasteiger partial charge in [-0.15, -0.1) is 0 Å². The maximum Gasteiger partial charge on any atom is 0.337 e. The van der Waals surface area contributed by atoms with Gasteiger partial charge in [-0.05, 0) is 6.42 Å². The molecule has 1 heterocycles. The summed E-state index contributed by atoms with van der Waals surface area (Å²) >= 11 is 0. The van der Waals surface area contributed by atoms with Gasteiger partial charge in [-0.3, -0.25) is 0 Å². The van der Waals surface area contributed by atoms with E-state index in [0.717, 1.165) is 6.42 Å². The standard InChI is InChI=1S/C10H12O3/c1-12-10(11)9-6-13-5-7-3-2-4-8(7)9/h2-3,6-8H,4-5H2,1H3. The SMILES string of the molecule is COC(=O)C1=COCC2C=CCC12. The molecule has 3 nitrogen and oxygen atoms in total. The second-order valence-corrected chi connectivity index (χ2v) is 3.33. The van der Waals surface area contributed by atoms with Crippen molar-refractivity contribution in [2.75, 3.05) is 13.7 Å². The van der Waals surface area contributed by atoms with Crippen LogP contribution in [0.3, 0.4) is 0 Å². The molecular weight excluding hydrogens is 168 g/mol. The summed E-state index contributed by atoms with van der Waals surface area (Å²) in [7, 11) is 1.40. The van der Waals surface area contributed by atoms with E-state index in [1.165, 1.54) is 7.11 Å². The average Bonchev–Trinajstić information content (AvgIpc) is 2.63. The monoisotopic (exact) mass is 180 g/mol. The zero-order chi connectivity index (χ0) is 9.26. The highest BCUT2D eigenvalue weighted by atomic mass is 16.5. The van der Waals surface area contributed by atoms with Gasteiger partial charge < -0.3 is 9.47 Å². The fourth-order valence-corrected chi connectivity index (χ4v) is 1.89. The van der Waals surface area contributed by atoms with Gasteiger partial charge >= 0.3 is 5.97 Å². The van der Waals surface area contributed by atoms with Crippen molar-refractivity contribution in [1.82, 2.24) is 0 Å². The Labute approximate surface area is 77.0 Å². The molecule has 0 fully saturated rings. The first kappa shape index (κ1) is 8.35. The number of hydrogen-bond acceptors (Lipinski definition) is 3. The molecule has 13 heavy (non-hydrogen) atoms. The van der Waals surface area contributed by atoms with Crippen molar-refractivity contribution in [2.24, 2.45) is 11.8 Å². The van der Waals surface area contributed by atoms with Gasteiger partial charge in [-0.2, -0.15) is 0 Å². The number of carbonyl (C=O) groups is 1. The van der Waals surface area contributed by atoms with Gasteiger partial charge in [0, 0.05) is 11.8 Å². The Morgan fingerprint density at radius 2 is 2.54 bits per heavy atom. The van der Waals surface area contributed by atoms with Crippen molar-refractivity contribution in [2.45, 2.75) is 6.42 Å². The largest absolute Gasteiger partial charge is 0.500 e. The summed E-state index contributed by atoms with van der Waals surface area (Å²) in [5.41, 5.74) is 0.670.